The number of nitrogens with one attached hydrogen (secondary N) is 1. The maximum absolute atomic E-state index is 11.9. The molecule has 0 bridgehead atoms. The number of rotatable bonds is 4. The number of H-pyrrole nitrogens is 1. The van der Waals surface area contributed by atoms with Crippen molar-refractivity contribution in [2.45, 2.75) is 20.3 Å². The first kappa shape index (κ1) is 13.8. The summed E-state index contributed by atoms with van der Waals surface area (Å²) in [6.07, 6.45) is 0.689. The van der Waals surface area contributed by atoms with Crippen LogP contribution in [0.25, 0.3) is 11.4 Å². The molecule has 0 unspecified atom stereocenters. The smallest absolute Gasteiger partial charge is 0.265 e. The molecule has 100 valence electrons. The molecule has 2 aromatic rings. The van der Waals surface area contributed by atoms with Gasteiger partial charge < -0.3 is 9.72 Å². The molecule has 0 aliphatic rings. The summed E-state index contributed by atoms with van der Waals surface area (Å²) in [6.45, 7) is 4.45. The van der Waals surface area contributed by atoms with E-state index in [0.29, 0.717) is 23.3 Å². The number of nitrogens with zero attached hydrogens (tertiary/aromatic N) is 1. The molecule has 0 saturated carbocycles. The number of aromatic nitrogens is 2. The normalized spacial score (nSPS) is 10.5. The van der Waals surface area contributed by atoms with Gasteiger partial charge in [0.2, 0.25) is 0 Å². The number of benzene rings is 1. The molecule has 0 spiro atoms. The predicted molar refractivity (Wildman–Crippen MR) is 78.5 cm³/mol. The van der Waals surface area contributed by atoms with E-state index in [-0.39, 0.29) is 5.56 Å². The Morgan fingerprint density at radius 3 is 2.74 bits per heavy atom. The van der Waals surface area contributed by atoms with Crippen LogP contribution in [0, 0.1) is 0 Å². The molecule has 4 nitrogen and oxygen atoms in total. The van der Waals surface area contributed by atoms with Crippen molar-refractivity contribution >= 4 is 15.9 Å². The summed E-state index contributed by atoms with van der Waals surface area (Å²) >= 11 is 3.26. The summed E-state index contributed by atoms with van der Waals surface area (Å²) in [5, 5.41) is 0. The molecule has 0 atom stereocenters. The third-order valence-corrected chi connectivity index (χ3v) is 3.53. The molecule has 0 radical (unpaired) electrons. The Bertz CT molecular complexity index is 638. The molecule has 1 heterocycles. The first-order chi connectivity index (χ1) is 9.17. The van der Waals surface area contributed by atoms with Crippen LogP contribution < -0.4 is 10.3 Å². The van der Waals surface area contributed by atoms with Crippen molar-refractivity contribution in [1.29, 1.82) is 0 Å². The van der Waals surface area contributed by atoms with Crippen molar-refractivity contribution in [2.75, 3.05) is 6.61 Å². The number of halogens is 1. The minimum atomic E-state index is -0.173. The molecule has 5 heteroatoms. The lowest BCUT2D eigenvalue weighted by Crippen LogP contribution is -2.13. The molecule has 0 aliphatic carbocycles. The van der Waals surface area contributed by atoms with E-state index in [2.05, 4.69) is 25.9 Å². The first-order valence-electron chi connectivity index (χ1n) is 6.18. The topological polar surface area (TPSA) is 55.0 Å². The van der Waals surface area contributed by atoms with E-state index >= 15 is 0 Å². The second kappa shape index (κ2) is 6.02. The van der Waals surface area contributed by atoms with Crippen LogP contribution in [0.2, 0.25) is 0 Å². The summed E-state index contributed by atoms with van der Waals surface area (Å²) in [5.74, 6) is 1.26. The zero-order chi connectivity index (χ0) is 13.8. The van der Waals surface area contributed by atoms with E-state index in [9.17, 15) is 4.79 Å². The number of hydrogen-bond donors (Lipinski definition) is 1. The van der Waals surface area contributed by atoms with E-state index in [1.807, 2.05) is 38.1 Å². The van der Waals surface area contributed by atoms with Crippen molar-refractivity contribution in [3.05, 3.63) is 44.8 Å². The number of para-hydroxylation sites is 1. The average molecular weight is 323 g/mol. The molecule has 0 amide bonds. The van der Waals surface area contributed by atoms with Crippen molar-refractivity contribution < 1.29 is 4.74 Å². The van der Waals surface area contributed by atoms with Gasteiger partial charge in [-0.25, -0.2) is 4.98 Å². The predicted octanol–water partition coefficient (Wildman–Crippen LogP) is 3.16. The van der Waals surface area contributed by atoms with Crippen LogP contribution in [0.1, 0.15) is 19.5 Å². The van der Waals surface area contributed by atoms with Gasteiger partial charge in [0.25, 0.3) is 5.56 Å². The van der Waals surface area contributed by atoms with E-state index in [1.54, 1.807) is 0 Å². The fourth-order valence-corrected chi connectivity index (χ4v) is 2.28. The second-order valence-corrected chi connectivity index (χ2v) is 4.75. The van der Waals surface area contributed by atoms with Crippen LogP contribution in [-0.4, -0.2) is 16.6 Å². The van der Waals surface area contributed by atoms with Gasteiger partial charge in [0.15, 0.2) is 0 Å². The highest BCUT2D eigenvalue weighted by atomic mass is 79.9. The Morgan fingerprint density at radius 2 is 2.05 bits per heavy atom. The number of aromatic amines is 1. The standard InChI is InChI=1S/C14H15BrN2O2/c1-3-10-12(15)14(18)17-13(16-10)9-7-5-6-8-11(9)19-4-2/h5-8H,3-4H2,1-2H3,(H,16,17,18). The third kappa shape index (κ3) is 2.87. The Balaban J connectivity index is 2.59. The molecule has 0 aliphatic heterocycles. The Labute approximate surface area is 120 Å². The van der Waals surface area contributed by atoms with Gasteiger partial charge in [-0.2, -0.15) is 0 Å². The molecule has 0 fully saturated rings. The van der Waals surface area contributed by atoms with Crippen LogP contribution >= 0.6 is 15.9 Å². The summed E-state index contributed by atoms with van der Waals surface area (Å²) in [7, 11) is 0. The van der Waals surface area contributed by atoms with Crippen LogP contribution in [0.5, 0.6) is 5.75 Å². The molecule has 1 aromatic carbocycles. The molecule has 2 rings (SSSR count). The van der Waals surface area contributed by atoms with Gasteiger partial charge in [0, 0.05) is 0 Å². The maximum atomic E-state index is 11.9. The molecular weight excluding hydrogens is 308 g/mol. The number of ether oxygens (including phenoxy) is 1. The third-order valence-electron chi connectivity index (χ3n) is 2.71. The number of hydrogen-bond acceptors (Lipinski definition) is 3. The van der Waals surface area contributed by atoms with Crippen molar-refractivity contribution in [3.8, 4) is 17.1 Å². The monoisotopic (exact) mass is 322 g/mol. The van der Waals surface area contributed by atoms with Gasteiger partial charge in [0.05, 0.1) is 17.9 Å². The van der Waals surface area contributed by atoms with Crippen LogP contribution in [0.4, 0.5) is 0 Å². The quantitative estimate of drug-likeness (QED) is 0.940. The van der Waals surface area contributed by atoms with Crippen molar-refractivity contribution in [2.24, 2.45) is 0 Å². The highest BCUT2D eigenvalue weighted by Gasteiger charge is 2.12. The average Bonchev–Trinajstić information content (AvgIpc) is 2.43. The highest BCUT2D eigenvalue weighted by Crippen LogP contribution is 2.27. The second-order valence-electron chi connectivity index (χ2n) is 3.96. The van der Waals surface area contributed by atoms with Gasteiger partial charge in [-0.05, 0) is 41.4 Å². The van der Waals surface area contributed by atoms with Gasteiger partial charge in [-0.3, -0.25) is 4.79 Å². The highest BCUT2D eigenvalue weighted by molar-refractivity contribution is 9.10. The van der Waals surface area contributed by atoms with E-state index in [1.165, 1.54) is 0 Å². The minimum absolute atomic E-state index is 0.173. The summed E-state index contributed by atoms with van der Waals surface area (Å²) in [5.41, 5.74) is 1.36. The summed E-state index contributed by atoms with van der Waals surface area (Å²) in [4.78, 5) is 19.1. The van der Waals surface area contributed by atoms with E-state index < -0.39 is 0 Å². The van der Waals surface area contributed by atoms with Gasteiger partial charge >= 0.3 is 0 Å². The fourth-order valence-electron chi connectivity index (χ4n) is 1.81. The molecule has 19 heavy (non-hydrogen) atoms. The maximum Gasteiger partial charge on any atom is 0.265 e. The molecule has 0 saturated heterocycles. The fraction of sp³-hybridized carbons (Fsp3) is 0.286. The van der Waals surface area contributed by atoms with Crippen molar-refractivity contribution in [3.63, 3.8) is 0 Å². The van der Waals surface area contributed by atoms with E-state index in [0.717, 1.165) is 17.0 Å². The lowest BCUT2D eigenvalue weighted by Gasteiger charge is -2.10. The van der Waals surface area contributed by atoms with E-state index in [4.69, 9.17) is 4.74 Å². The van der Waals surface area contributed by atoms with Gasteiger partial charge in [-0.1, -0.05) is 19.1 Å². The van der Waals surface area contributed by atoms with Gasteiger partial charge in [0.1, 0.15) is 16.0 Å². The van der Waals surface area contributed by atoms with Crippen LogP contribution in [-0.2, 0) is 6.42 Å². The zero-order valence-corrected chi connectivity index (χ0v) is 12.5. The molecule has 1 N–H and O–H groups in total. The summed E-state index contributed by atoms with van der Waals surface area (Å²) < 4.78 is 6.05. The Morgan fingerprint density at radius 1 is 1.32 bits per heavy atom. The zero-order valence-electron chi connectivity index (χ0n) is 10.9. The van der Waals surface area contributed by atoms with Gasteiger partial charge in [-0.15, -0.1) is 0 Å². The lowest BCUT2D eigenvalue weighted by molar-refractivity contribution is 0.341. The van der Waals surface area contributed by atoms with Crippen LogP contribution in [0.3, 0.4) is 0 Å². The lowest BCUT2D eigenvalue weighted by atomic mass is 10.2. The number of aryl methyl sites for hydroxylation is 1. The minimum Gasteiger partial charge on any atom is -0.493 e. The Hall–Kier alpha value is -1.62. The largest absolute Gasteiger partial charge is 0.493 e. The molecular formula is C14H15BrN2O2. The SMILES string of the molecule is CCOc1ccccc1-c1nc(CC)c(Br)c(=O)[nH]1. The summed E-state index contributed by atoms with van der Waals surface area (Å²) in [6, 6.07) is 7.54. The Kier molecular flexibility index (Phi) is 4.37. The first-order valence-corrected chi connectivity index (χ1v) is 6.97. The molecule has 1 aromatic heterocycles. The van der Waals surface area contributed by atoms with Crippen LogP contribution in [0.15, 0.2) is 33.5 Å². The van der Waals surface area contributed by atoms with Crippen molar-refractivity contribution in [1.82, 2.24) is 9.97 Å².